The van der Waals surface area contributed by atoms with Crippen LogP contribution in [0, 0.1) is 0 Å². The molecule has 1 heterocycles. The van der Waals surface area contributed by atoms with Crippen LogP contribution in [0.5, 0.6) is 0 Å². The van der Waals surface area contributed by atoms with Crippen LogP contribution in [0.15, 0.2) is 117 Å². The zero-order chi connectivity index (χ0) is 43.8. The van der Waals surface area contributed by atoms with E-state index in [1.165, 1.54) is 53.4 Å². The molecule has 0 unspecified atom stereocenters. The highest BCUT2D eigenvalue weighted by molar-refractivity contribution is 7.99. The number of hydrogen-bond acceptors (Lipinski definition) is 10. The van der Waals surface area contributed by atoms with E-state index in [-0.39, 0.29) is 5.56 Å². The number of nitrogens with zero attached hydrogens (tertiary/aromatic N) is 3. The van der Waals surface area contributed by atoms with Crippen LogP contribution >= 0.6 is 23.4 Å². The molecule has 1 aliphatic heterocycles. The van der Waals surface area contributed by atoms with Gasteiger partial charge in [0.15, 0.2) is 0 Å². The van der Waals surface area contributed by atoms with Gasteiger partial charge in [0.25, 0.3) is 25.8 Å². The summed E-state index contributed by atoms with van der Waals surface area (Å²) in [7, 11) is -7.07. The van der Waals surface area contributed by atoms with Crippen LogP contribution in [0.4, 0.5) is 24.5 Å². The largest absolute Gasteiger partial charge is 0.501 e. The van der Waals surface area contributed by atoms with Crippen LogP contribution in [0.25, 0.3) is 5.57 Å². The highest BCUT2D eigenvalue weighted by Crippen LogP contribution is 2.37. The van der Waals surface area contributed by atoms with Crippen molar-refractivity contribution in [1.29, 1.82) is 0 Å². The summed E-state index contributed by atoms with van der Waals surface area (Å²) < 4.78 is 96.9. The Morgan fingerprint density at radius 2 is 1.54 bits per heavy atom. The minimum Gasteiger partial charge on any atom is -0.380 e. The summed E-state index contributed by atoms with van der Waals surface area (Å²) in [5.74, 6) is -0.631. The fourth-order valence-electron chi connectivity index (χ4n) is 7.56. The topological polar surface area (TPSA) is 119 Å². The van der Waals surface area contributed by atoms with Crippen LogP contribution in [0.3, 0.4) is 0 Å². The van der Waals surface area contributed by atoms with Crippen molar-refractivity contribution in [3.63, 3.8) is 0 Å². The summed E-state index contributed by atoms with van der Waals surface area (Å²) in [4.78, 5) is 18.7. The molecule has 6 rings (SSSR count). The highest BCUT2D eigenvalue weighted by Gasteiger charge is 2.48. The third kappa shape index (κ3) is 12.3. The first kappa shape index (κ1) is 46.4. The maximum Gasteiger partial charge on any atom is 0.501 e. The average molecular weight is 919 g/mol. The number of sulfonamides is 1. The Morgan fingerprint density at radius 1 is 0.869 bits per heavy atom. The van der Waals surface area contributed by atoms with Crippen LogP contribution < -0.4 is 14.9 Å². The second-order valence-electron chi connectivity index (χ2n) is 15.6. The molecule has 61 heavy (non-hydrogen) atoms. The number of hydrogen-bond donors (Lipinski definition) is 2. The van der Waals surface area contributed by atoms with E-state index in [0.29, 0.717) is 31.2 Å². The number of anilines is 2. The Morgan fingerprint density at radius 3 is 2.20 bits per heavy atom. The second-order valence-corrected chi connectivity index (χ2v) is 20.7. The summed E-state index contributed by atoms with van der Waals surface area (Å²) in [5.41, 5.74) is -1.16. The van der Waals surface area contributed by atoms with Crippen molar-refractivity contribution in [1.82, 2.24) is 14.5 Å². The van der Waals surface area contributed by atoms with E-state index in [1.54, 1.807) is 12.1 Å². The molecule has 1 aliphatic carbocycles. The van der Waals surface area contributed by atoms with Gasteiger partial charge in [-0.25, -0.2) is 21.6 Å². The van der Waals surface area contributed by atoms with Gasteiger partial charge < -0.3 is 15.1 Å². The lowest BCUT2D eigenvalue weighted by atomic mass is 9.87. The second kappa shape index (κ2) is 20.4. The van der Waals surface area contributed by atoms with Gasteiger partial charge >= 0.3 is 5.51 Å². The van der Waals surface area contributed by atoms with E-state index in [1.807, 2.05) is 66.2 Å². The fraction of sp³-hybridized carbons (Fsp3) is 0.386. The van der Waals surface area contributed by atoms with E-state index in [0.717, 1.165) is 73.3 Å². The van der Waals surface area contributed by atoms with Gasteiger partial charge in [0.05, 0.1) is 10.6 Å². The fourth-order valence-corrected chi connectivity index (χ4v) is 10.7. The number of allylic oxidation sites excluding steroid dienone is 1. The molecule has 0 radical (unpaired) electrons. The first-order valence-corrected chi connectivity index (χ1v) is 24.5. The molecule has 4 aromatic rings. The van der Waals surface area contributed by atoms with Crippen LogP contribution in [0.2, 0.25) is 5.02 Å². The molecule has 1 amide bonds. The number of thioether (sulfide) groups is 1. The Hall–Kier alpha value is -4.06. The van der Waals surface area contributed by atoms with Gasteiger partial charge in [-0.05, 0) is 137 Å². The maximum atomic E-state index is 14.1. The maximum absolute atomic E-state index is 14.1. The number of halogens is 4. The van der Waals surface area contributed by atoms with Gasteiger partial charge in [-0.2, -0.15) is 13.2 Å². The number of carbonyl (C=O) groups is 1. The van der Waals surface area contributed by atoms with Crippen molar-refractivity contribution in [2.24, 2.45) is 0 Å². The molecule has 328 valence electrons. The van der Waals surface area contributed by atoms with Gasteiger partial charge in [0.2, 0.25) is 0 Å². The number of sulfone groups is 1. The van der Waals surface area contributed by atoms with Crippen molar-refractivity contribution in [3.05, 3.63) is 119 Å². The summed E-state index contributed by atoms with van der Waals surface area (Å²) in [6.07, 6.45) is 5.60. The van der Waals surface area contributed by atoms with Crippen molar-refractivity contribution < 1.29 is 34.8 Å². The number of benzene rings is 4. The van der Waals surface area contributed by atoms with Crippen LogP contribution in [-0.2, 0) is 19.9 Å². The molecule has 17 heteroatoms. The standard InChI is InChI=1S/C44H51ClF3N5O5S3/c1-51(2)24-8-10-36(31-59-38-11-4-3-5-12-38)49-41-23-22-39(29-42(41)60(55,56)44(46,47)48)61(57,58)50-43(54)33-16-20-37(21-17-33)53-27-25-52(26-28-53)30-34-9-6-7-13-40(34)32-14-18-35(45)19-15-32/h3-5,11-12,14-23,29,36,49H,6-10,13,24-28,30-31H2,1-2H3,(H,50,54)/t36-/m1/s1. The predicted octanol–water partition coefficient (Wildman–Crippen LogP) is 8.82. The predicted molar refractivity (Wildman–Crippen MR) is 239 cm³/mol. The Balaban J connectivity index is 1.12. The minimum atomic E-state index is -6.03. The number of piperazine rings is 1. The first-order chi connectivity index (χ1) is 29.0. The van der Waals surface area contributed by atoms with E-state index in [2.05, 4.69) is 27.2 Å². The first-order valence-electron chi connectivity index (χ1n) is 20.2. The third-order valence-electron chi connectivity index (χ3n) is 10.9. The smallest absolute Gasteiger partial charge is 0.380 e. The van der Waals surface area contributed by atoms with Crippen molar-refractivity contribution >= 4 is 66.1 Å². The molecule has 1 fully saturated rings. The monoisotopic (exact) mass is 917 g/mol. The highest BCUT2D eigenvalue weighted by atomic mass is 35.5. The lowest BCUT2D eigenvalue weighted by molar-refractivity contribution is -0.0435. The zero-order valence-electron chi connectivity index (χ0n) is 34.1. The van der Waals surface area contributed by atoms with Gasteiger partial charge in [0, 0.05) is 65.7 Å². The molecular formula is C44H51ClF3N5O5S3. The number of carbonyl (C=O) groups excluding carboxylic acids is 1. The number of rotatable bonds is 17. The van der Waals surface area contributed by atoms with Crippen LogP contribution in [0.1, 0.15) is 54.4 Å². The number of amides is 1. The lowest BCUT2D eigenvalue weighted by Gasteiger charge is -2.37. The van der Waals surface area contributed by atoms with Gasteiger partial charge in [0.1, 0.15) is 4.90 Å². The summed E-state index contributed by atoms with van der Waals surface area (Å²) in [5, 5.41) is 3.68. The van der Waals surface area contributed by atoms with E-state index >= 15 is 0 Å². The summed E-state index contributed by atoms with van der Waals surface area (Å²) >= 11 is 7.59. The minimum absolute atomic E-state index is 0.00262. The van der Waals surface area contributed by atoms with Crippen molar-refractivity contribution in [3.8, 4) is 0 Å². The molecule has 1 atom stereocenters. The Labute approximate surface area is 366 Å². The molecule has 4 aromatic carbocycles. The Kier molecular flexibility index (Phi) is 15.5. The molecule has 0 bridgehead atoms. The molecular weight excluding hydrogens is 867 g/mol. The van der Waals surface area contributed by atoms with E-state index in [4.69, 9.17) is 11.6 Å². The Bertz CT molecular complexity index is 2380. The number of nitrogens with one attached hydrogen (secondary N) is 2. The molecule has 10 nitrogen and oxygen atoms in total. The van der Waals surface area contributed by atoms with Gasteiger partial charge in [-0.1, -0.05) is 47.5 Å². The molecule has 2 N–H and O–H groups in total. The summed E-state index contributed by atoms with van der Waals surface area (Å²) in [6, 6.07) is 25.8. The van der Waals surface area contributed by atoms with E-state index < -0.39 is 52.8 Å². The zero-order valence-corrected chi connectivity index (χ0v) is 37.3. The quantitative estimate of drug-likeness (QED) is 0.0996. The number of alkyl halides is 3. The van der Waals surface area contributed by atoms with E-state index in [9.17, 15) is 34.8 Å². The molecule has 0 aromatic heterocycles. The average Bonchev–Trinajstić information content (AvgIpc) is 3.23. The molecule has 0 spiro atoms. The van der Waals surface area contributed by atoms with Gasteiger partial charge in [-0.3, -0.25) is 9.69 Å². The molecule has 2 aliphatic rings. The normalized spacial score (nSPS) is 16.1. The van der Waals surface area contributed by atoms with Crippen LogP contribution in [-0.4, -0.2) is 103 Å². The molecule has 1 saturated heterocycles. The summed E-state index contributed by atoms with van der Waals surface area (Å²) in [6.45, 7) is 4.75. The third-order valence-corrected chi connectivity index (χ3v) is 15.1. The van der Waals surface area contributed by atoms with Gasteiger partial charge in [-0.15, -0.1) is 11.8 Å². The molecule has 0 saturated carbocycles. The van der Waals surface area contributed by atoms with Crippen molar-refractivity contribution in [2.45, 2.75) is 64.8 Å². The van der Waals surface area contributed by atoms with Crippen molar-refractivity contribution in [2.75, 3.05) is 69.3 Å². The lowest BCUT2D eigenvalue weighted by Crippen LogP contribution is -2.47. The SMILES string of the molecule is CN(C)CCC[C@H](CSc1ccccc1)Nc1ccc(S(=O)(=O)NC(=O)c2ccc(N3CCN(CC4=C(c5ccc(Cl)cc5)CCCC4)CC3)cc2)cc1S(=O)(=O)C(F)(F)F.